The van der Waals surface area contributed by atoms with Gasteiger partial charge in [0.15, 0.2) is 5.78 Å². The molecule has 0 aliphatic heterocycles. The van der Waals surface area contributed by atoms with E-state index in [-0.39, 0.29) is 22.0 Å². The molecule has 4 aliphatic carbocycles. The molecule has 4 rings (SSSR count). The molecule has 1 unspecified atom stereocenters. The summed E-state index contributed by atoms with van der Waals surface area (Å²) in [5.74, 6) is 2.95. The van der Waals surface area contributed by atoms with Crippen molar-refractivity contribution in [3.63, 3.8) is 0 Å². The van der Waals surface area contributed by atoms with Crippen LogP contribution < -0.4 is 0 Å². The molecule has 0 aromatic carbocycles. The number of ketones is 2. The maximum atomic E-state index is 12.7. The van der Waals surface area contributed by atoms with E-state index >= 15 is 0 Å². The lowest BCUT2D eigenvalue weighted by Gasteiger charge is -2.58. The van der Waals surface area contributed by atoms with Gasteiger partial charge < -0.3 is 0 Å². The van der Waals surface area contributed by atoms with E-state index in [0.717, 1.165) is 12.8 Å². The first-order valence-electron chi connectivity index (χ1n) is 10.1. The fourth-order valence-corrected chi connectivity index (χ4v) is 7.53. The number of hydrogen-bond acceptors (Lipinski definition) is 2. The van der Waals surface area contributed by atoms with Crippen molar-refractivity contribution >= 4 is 11.6 Å². The Hall–Kier alpha value is -1.18. The standard InChI is InChI=1S/C23H32O2/c1-14-12-20-18-7-6-16-13-17(25)8-10-21(16,3)19(18)9-11-22(20,4)23(14,5)15(2)24/h8,10,13-14,18-20H,6-7,9,11-12H2,1-5H3/t14?,18-,19+,20+,21+,22+,23-/m1/s1. The lowest BCUT2D eigenvalue weighted by atomic mass is 9.45. The Morgan fingerprint density at radius 1 is 1.16 bits per heavy atom. The fraction of sp³-hybridized carbons (Fsp3) is 0.739. The van der Waals surface area contributed by atoms with Gasteiger partial charge in [-0.2, -0.15) is 0 Å². The molecule has 0 heterocycles. The van der Waals surface area contributed by atoms with Crippen LogP contribution in [0.25, 0.3) is 0 Å². The summed E-state index contributed by atoms with van der Waals surface area (Å²) in [5, 5.41) is 0. The van der Waals surface area contributed by atoms with E-state index in [1.807, 2.05) is 13.0 Å². The van der Waals surface area contributed by atoms with Gasteiger partial charge in [0.05, 0.1) is 0 Å². The predicted octanol–water partition coefficient (Wildman–Crippen LogP) is 5.14. The number of allylic oxidation sites excluding steroid dienone is 4. The molecule has 0 aromatic heterocycles. The fourth-order valence-electron chi connectivity index (χ4n) is 7.53. The van der Waals surface area contributed by atoms with Crippen LogP contribution in [-0.4, -0.2) is 11.6 Å². The molecular formula is C23H32O2. The van der Waals surface area contributed by atoms with Crippen LogP contribution in [0.1, 0.15) is 66.7 Å². The van der Waals surface area contributed by atoms with Gasteiger partial charge in [0, 0.05) is 10.8 Å². The van der Waals surface area contributed by atoms with Gasteiger partial charge in [0.25, 0.3) is 0 Å². The Kier molecular flexibility index (Phi) is 3.57. The lowest BCUT2D eigenvalue weighted by Crippen LogP contribution is -2.53. The van der Waals surface area contributed by atoms with Gasteiger partial charge in [-0.05, 0) is 80.3 Å². The van der Waals surface area contributed by atoms with Crippen LogP contribution in [0, 0.1) is 39.9 Å². The molecular weight excluding hydrogens is 308 g/mol. The van der Waals surface area contributed by atoms with Crippen LogP contribution in [-0.2, 0) is 9.59 Å². The van der Waals surface area contributed by atoms with E-state index in [1.54, 1.807) is 6.08 Å². The second kappa shape index (κ2) is 5.18. The quantitative estimate of drug-likeness (QED) is 0.662. The molecule has 0 saturated heterocycles. The summed E-state index contributed by atoms with van der Waals surface area (Å²) in [4.78, 5) is 24.5. The van der Waals surface area contributed by atoms with Crippen LogP contribution in [0.3, 0.4) is 0 Å². The third-order valence-corrected chi connectivity index (χ3v) is 9.46. The predicted molar refractivity (Wildman–Crippen MR) is 100.0 cm³/mol. The maximum Gasteiger partial charge on any atom is 0.178 e. The molecule has 136 valence electrons. The zero-order valence-electron chi connectivity index (χ0n) is 16.4. The normalized spacial score (nSPS) is 51.4. The number of carbonyl (C=O) groups is 2. The molecule has 3 saturated carbocycles. The van der Waals surface area contributed by atoms with Crippen molar-refractivity contribution < 1.29 is 9.59 Å². The first kappa shape index (κ1) is 17.2. The molecule has 0 amide bonds. The summed E-state index contributed by atoms with van der Waals surface area (Å²) in [6.07, 6.45) is 11.6. The Labute approximate surface area is 152 Å². The van der Waals surface area contributed by atoms with Crippen molar-refractivity contribution in [1.29, 1.82) is 0 Å². The van der Waals surface area contributed by atoms with Gasteiger partial charge in [-0.3, -0.25) is 9.59 Å². The molecule has 0 N–H and O–H groups in total. The SMILES string of the molecule is CC(=O)[C@@]1(C)C(C)C[C@H]2[C@@H]3CCC4=CC(=O)C=C[C@]4(C)[C@H]3CC[C@@]21C. The van der Waals surface area contributed by atoms with Crippen LogP contribution in [0.2, 0.25) is 0 Å². The third kappa shape index (κ3) is 1.97. The number of rotatable bonds is 1. The van der Waals surface area contributed by atoms with E-state index < -0.39 is 0 Å². The van der Waals surface area contributed by atoms with Gasteiger partial charge >= 0.3 is 0 Å². The molecule has 2 heteroatoms. The summed E-state index contributed by atoms with van der Waals surface area (Å²) >= 11 is 0. The van der Waals surface area contributed by atoms with Crippen molar-refractivity contribution in [1.82, 2.24) is 0 Å². The Morgan fingerprint density at radius 3 is 2.56 bits per heavy atom. The van der Waals surface area contributed by atoms with Gasteiger partial charge in [0.2, 0.25) is 0 Å². The third-order valence-electron chi connectivity index (χ3n) is 9.46. The highest BCUT2D eigenvalue weighted by Crippen LogP contribution is 2.70. The summed E-state index contributed by atoms with van der Waals surface area (Å²) in [7, 11) is 0. The molecule has 0 aromatic rings. The van der Waals surface area contributed by atoms with E-state index in [1.165, 1.54) is 24.8 Å². The highest BCUT2D eigenvalue weighted by molar-refractivity contribution is 6.01. The molecule has 4 aliphatic rings. The van der Waals surface area contributed by atoms with E-state index in [2.05, 4.69) is 33.8 Å². The summed E-state index contributed by atoms with van der Waals surface area (Å²) < 4.78 is 0. The van der Waals surface area contributed by atoms with Crippen LogP contribution in [0.15, 0.2) is 23.8 Å². The Balaban J connectivity index is 1.74. The highest BCUT2D eigenvalue weighted by Gasteiger charge is 2.66. The monoisotopic (exact) mass is 340 g/mol. The second-order valence-electron chi connectivity index (χ2n) is 9.95. The topological polar surface area (TPSA) is 34.1 Å². The zero-order valence-corrected chi connectivity index (χ0v) is 16.4. The first-order chi connectivity index (χ1) is 11.6. The summed E-state index contributed by atoms with van der Waals surface area (Å²) in [6, 6.07) is 0. The maximum absolute atomic E-state index is 12.7. The average Bonchev–Trinajstić information content (AvgIpc) is 2.77. The van der Waals surface area contributed by atoms with Gasteiger partial charge in [-0.1, -0.05) is 39.3 Å². The van der Waals surface area contributed by atoms with Crippen molar-refractivity contribution in [3.05, 3.63) is 23.8 Å². The van der Waals surface area contributed by atoms with Crippen LogP contribution in [0.4, 0.5) is 0 Å². The number of fused-ring (bicyclic) bond motifs is 5. The van der Waals surface area contributed by atoms with Crippen molar-refractivity contribution in [3.8, 4) is 0 Å². The molecule has 3 fully saturated rings. The van der Waals surface area contributed by atoms with Crippen LogP contribution in [0.5, 0.6) is 0 Å². The Bertz CT molecular complexity index is 701. The minimum atomic E-state index is -0.183. The minimum Gasteiger partial charge on any atom is -0.299 e. The molecule has 0 radical (unpaired) electrons. The van der Waals surface area contributed by atoms with Gasteiger partial charge in [-0.15, -0.1) is 0 Å². The minimum absolute atomic E-state index is 0.0522. The Morgan fingerprint density at radius 2 is 1.88 bits per heavy atom. The van der Waals surface area contributed by atoms with Crippen molar-refractivity contribution in [2.24, 2.45) is 39.9 Å². The van der Waals surface area contributed by atoms with Crippen molar-refractivity contribution in [2.75, 3.05) is 0 Å². The number of carbonyl (C=O) groups excluding carboxylic acids is 2. The lowest BCUT2D eigenvalue weighted by molar-refractivity contribution is -0.140. The average molecular weight is 341 g/mol. The summed E-state index contributed by atoms with van der Waals surface area (Å²) in [5.41, 5.74) is 1.35. The number of hydrogen-bond donors (Lipinski definition) is 0. The van der Waals surface area contributed by atoms with Gasteiger partial charge in [0.1, 0.15) is 5.78 Å². The molecule has 25 heavy (non-hydrogen) atoms. The smallest absolute Gasteiger partial charge is 0.178 e. The molecule has 0 spiro atoms. The first-order valence-corrected chi connectivity index (χ1v) is 10.1. The van der Waals surface area contributed by atoms with E-state index in [4.69, 9.17) is 0 Å². The van der Waals surface area contributed by atoms with E-state index in [9.17, 15) is 9.59 Å². The summed E-state index contributed by atoms with van der Waals surface area (Å²) in [6.45, 7) is 11.1. The molecule has 2 nitrogen and oxygen atoms in total. The van der Waals surface area contributed by atoms with E-state index in [0.29, 0.717) is 29.5 Å². The number of Topliss-reactive ketones (excluding diaryl/α,β-unsaturated/α-hetero) is 1. The van der Waals surface area contributed by atoms with Crippen LogP contribution >= 0.6 is 0 Å². The second-order valence-corrected chi connectivity index (χ2v) is 9.95. The zero-order chi connectivity index (χ0) is 18.2. The highest BCUT2D eigenvalue weighted by atomic mass is 16.1. The largest absolute Gasteiger partial charge is 0.299 e. The van der Waals surface area contributed by atoms with Gasteiger partial charge in [-0.25, -0.2) is 0 Å². The molecule has 0 bridgehead atoms. The van der Waals surface area contributed by atoms with Crippen molar-refractivity contribution in [2.45, 2.75) is 66.7 Å². The molecule has 7 atom stereocenters.